The van der Waals surface area contributed by atoms with Gasteiger partial charge in [0.25, 0.3) is 0 Å². The summed E-state index contributed by atoms with van der Waals surface area (Å²) in [5, 5.41) is 2.11. The molecule has 1 aromatic rings. The first kappa shape index (κ1) is 7.76. The van der Waals surface area contributed by atoms with Crippen molar-refractivity contribution in [3.05, 3.63) is 22.4 Å². The molecule has 0 aromatic carbocycles. The zero-order valence-corrected chi connectivity index (χ0v) is 7.03. The predicted molar refractivity (Wildman–Crippen MR) is 46.2 cm³/mol. The third-order valence-electron chi connectivity index (χ3n) is 1.53. The molecular weight excluding hydrogens is 142 g/mol. The largest absolute Gasteiger partial charge is 0.330 e. The first-order valence-corrected chi connectivity index (χ1v) is 4.43. The van der Waals surface area contributed by atoms with E-state index >= 15 is 0 Å². The Kier molecular flexibility index (Phi) is 2.90. The molecule has 0 aliphatic carbocycles. The lowest BCUT2D eigenvalue weighted by molar-refractivity contribution is 0.598. The third kappa shape index (κ3) is 2.12. The molecule has 0 saturated carbocycles. The van der Waals surface area contributed by atoms with Crippen LogP contribution in [0.15, 0.2) is 17.5 Å². The van der Waals surface area contributed by atoms with Crippen molar-refractivity contribution >= 4 is 11.3 Å². The lowest BCUT2D eigenvalue weighted by atomic mass is 10.1. The van der Waals surface area contributed by atoms with Gasteiger partial charge in [-0.3, -0.25) is 0 Å². The van der Waals surface area contributed by atoms with Gasteiger partial charge in [-0.25, -0.2) is 0 Å². The average Bonchev–Trinajstić information content (AvgIpc) is 2.40. The number of nitrogens with two attached hydrogens (primary N) is 1. The Balaban J connectivity index is 2.40. The second kappa shape index (κ2) is 3.74. The van der Waals surface area contributed by atoms with E-state index in [1.165, 1.54) is 4.88 Å². The molecule has 1 unspecified atom stereocenters. The molecule has 0 bridgehead atoms. The summed E-state index contributed by atoms with van der Waals surface area (Å²) in [5.74, 6) is 0.624. The van der Waals surface area contributed by atoms with Crippen molar-refractivity contribution in [2.24, 2.45) is 11.7 Å². The fourth-order valence-electron chi connectivity index (χ4n) is 0.856. The molecule has 2 N–H and O–H groups in total. The van der Waals surface area contributed by atoms with Crippen LogP contribution in [0.2, 0.25) is 0 Å². The number of hydrogen-bond donors (Lipinski definition) is 1. The fraction of sp³-hybridized carbons (Fsp3) is 0.500. The molecule has 0 amide bonds. The monoisotopic (exact) mass is 155 g/mol. The molecule has 0 spiro atoms. The summed E-state index contributed by atoms with van der Waals surface area (Å²) < 4.78 is 0. The van der Waals surface area contributed by atoms with Gasteiger partial charge in [-0.2, -0.15) is 0 Å². The average molecular weight is 155 g/mol. The number of hydrogen-bond acceptors (Lipinski definition) is 2. The van der Waals surface area contributed by atoms with Crippen LogP contribution < -0.4 is 5.73 Å². The Morgan fingerprint density at radius 3 is 3.00 bits per heavy atom. The van der Waals surface area contributed by atoms with Crippen LogP contribution in [-0.2, 0) is 6.42 Å². The maximum Gasteiger partial charge on any atom is 0.00483 e. The van der Waals surface area contributed by atoms with E-state index in [-0.39, 0.29) is 0 Å². The molecule has 2 heteroatoms. The standard InChI is InChI=1S/C8H13NS/c1-7(6-9)5-8-3-2-4-10-8/h2-4,7H,5-6,9H2,1H3. The number of rotatable bonds is 3. The summed E-state index contributed by atoms with van der Waals surface area (Å²) in [4.78, 5) is 1.44. The summed E-state index contributed by atoms with van der Waals surface area (Å²) in [6.07, 6.45) is 1.13. The van der Waals surface area contributed by atoms with Crippen LogP contribution in [0.25, 0.3) is 0 Å². The maximum atomic E-state index is 5.49. The van der Waals surface area contributed by atoms with Crippen molar-refractivity contribution in [2.45, 2.75) is 13.3 Å². The Bertz CT molecular complexity index is 169. The molecule has 10 heavy (non-hydrogen) atoms. The summed E-state index contributed by atoms with van der Waals surface area (Å²) in [6.45, 7) is 2.97. The van der Waals surface area contributed by atoms with Crippen molar-refractivity contribution in [3.63, 3.8) is 0 Å². The molecule has 1 atom stereocenters. The smallest absolute Gasteiger partial charge is 0.00483 e. The molecule has 0 aliphatic heterocycles. The van der Waals surface area contributed by atoms with E-state index < -0.39 is 0 Å². The van der Waals surface area contributed by atoms with E-state index in [4.69, 9.17) is 5.73 Å². The first-order chi connectivity index (χ1) is 4.83. The van der Waals surface area contributed by atoms with Gasteiger partial charge in [-0.15, -0.1) is 11.3 Å². The molecule has 0 fully saturated rings. The van der Waals surface area contributed by atoms with Crippen LogP contribution in [0.4, 0.5) is 0 Å². The molecule has 1 nitrogen and oxygen atoms in total. The first-order valence-electron chi connectivity index (χ1n) is 3.55. The Hall–Kier alpha value is -0.340. The minimum Gasteiger partial charge on any atom is -0.330 e. The lowest BCUT2D eigenvalue weighted by Crippen LogP contribution is -2.12. The van der Waals surface area contributed by atoms with Gasteiger partial charge < -0.3 is 5.73 Å². The van der Waals surface area contributed by atoms with E-state index in [9.17, 15) is 0 Å². The van der Waals surface area contributed by atoms with Crippen LogP contribution in [-0.4, -0.2) is 6.54 Å². The lowest BCUT2D eigenvalue weighted by Gasteiger charge is -2.04. The highest BCUT2D eigenvalue weighted by Gasteiger charge is 2.00. The number of thiophene rings is 1. The van der Waals surface area contributed by atoms with Gasteiger partial charge >= 0.3 is 0 Å². The Morgan fingerprint density at radius 2 is 2.50 bits per heavy atom. The second-order valence-electron chi connectivity index (χ2n) is 2.62. The molecule has 1 rings (SSSR count). The highest BCUT2D eigenvalue weighted by atomic mass is 32.1. The maximum absolute atomic E-state index is 5.49. The van der Waals surface area contributed by atoms with Gasteiger partial charge in [0.05, 0.1) is 0 Å². The summed E-state index contributed by atoms with van der Waals surface area (Å²) in [5.41, 5.74) is 5.49. The topological polar surface area (TPSA) is 26.0 Å². The summed E-state index contributed by atoms with van der Waals surface area (Å²) >= 11 is 1.81. The highest BCUT2D eigenvalue weighted by Crippen LogP contribution is 2.13. The fourth-order valence-corrected chi connectivity index (χ4v) is 1.73. The Morgan fingerprint density at radius 1 is 1.70 bits per heavy atom. The zero-order valence-electron chi connectivity index (χ0n) is 6.21. The van der Waals surface area contributed by atoms with Gasteiger partial charge in [0.15, 0.2) is 0 Å². The highest BCUT2D eigenvalue weighted by molar-refractivity contribution is 7.09. The second-order valence-corrected chi connectivity index (χ2v) is 3.66. The minimum atomic E-state index is 0.624. The molecule has 1 heterocycles. The van der Waals surface area contributed by atoms with Gasteiger partial charge in [-0.1, -0.05) is 13.0 Å². The molecular formula is C8H13NS. The van der Waals surface area contributed by atoms with E-state index in [0.717, 1.165) is 13.0 Å². The SMILES string of the molecule is CC(CN)Cc1cccs1. The van der Waals surface area contributed by atoms with Gasteiger partial charge in [0.2, 0.25) is 0 Å². The molecule has 1 aromatic heterocycles. The normalized spacial score (nSPS) is 13.4. The quantitative estimate of drug-likeness (QED) is 0.708. The predicted octanol–water partition coefficient (Wildman–Crippen LogP) is 1.89. The van der Waals surface area contributed by atoms with Gasteiger partial charge in [0.1, 0.15) is 0 Å². The summed E-state index contributed by atoms with van der Waals surface area (Å²) in [7, 11) is 0. The molecule has 0 aliphatic rings. The Labute approximate surface area is 65.9 Å². The van der Waals surface area contributed by atoms with Crippen LogP contribution in [0.1, 0.15) is 11.8 Å². The van der Waals surface area contributed by atoms with Crippen LogP contribution in [0, 0.1) is 5.92 Å². The van der Waals surface area contributed by atoms with Crippen molar-refractivity contribution in [2.75, 3.05) is 6.54 Å². The van der Waals surface area contributed by atoms with Gasteiger partial charge in [0, 0.05) is 4.88 Å². The molecule has 0 saturated heterocycles. The molecule has 0 radical (unpaired) electrons. The van der Waals surface area contributed by atoms with Crippen LogP contribution in [0.5, 0.6) is 0 Å². The van der Waals surface area contributed by atoms with Crippen molar-refractivity contribution in [1.82, 2.24) is 0 Å². The van der Waals surface area contributed by atoms with Crippen molar-refractivity contribution < 1.29 is 0 Å². The molecule has 56 valence electrons. The van der Waals surface area contributed by atoms with E-state index in [2.05, 4.69) is 24.4 Å². The van der Waals surface area contributed by atoms with Crippen LogP contribution in [0.3, 0.4) is 0 Å². The van der Waals surface area contributed by atoms with E-state index in [1.54, 1.807) is 0 Å². The minimum absolute atomic E-state index is 0.624. The van der Waals surface area contributed by atoms with Crippen LogP contribution >= 0.6 is 11.3 Å². The van der Waals surface area contributed by atoms with E-state index in [0.29, 0.717) is 5.92 Å². The van der Waals surface area contributed by atoms with E-state index in [1.807, 2.05) is 11.3 Å². The van der Waals surface area contributed by atoms with Crippen molar-refractivity contribution in [1.29, 1.82) is 0 Å². The zero-order chi connectivity index (χ0) is 7.40. The van der Waals surface area contributed by atoms with Gasteiger partial charge in [-0.05, 0) is 30.3 Å². The summed E-state index contributed by atoms with van der Waals surface area (Å²) in [6, 6.07) is 4.25. The van der Waals surface area contributed by atoms with Crippen molar-refractivity contribution in [3.8, 4) is 0 Å². The third-order valence-corrected chi connectivity index (χ3v) is 2.43.